The van der Waals surface area contributed by atoms with Gasteiger partial charge < -0.3 is 20.7 Å². The van der Waals surface area contributed by atoms with Crippen molar-refractivity contribution < 1.29 is 50.5 Å². The average Bonchev–Trinajstić information content (AvgIpc) is 3.35. The zero-order valence-corrected chi connectivity index (χ0v) is 23.5. The van der Waals surface area contributed by atoms with Crippen molar-refractivity contribution in [3.05, 3.63) is 47.2 Å². The molecule has 188 valence electrons. The minimum Gasteiger partial charge on any atom is -1.00 e. The van der Waals surface area contributed by atoms with E-state index in [1.165, 1.54) is 12.4 Å². The van der Waals surface area contributed by atoms with Crippen LogP contribution < -0.4 is 49.6 Å². The fraction of sp³-hybridized carbons (Fsp3) is 0.304. The minimum absolute atomic E-state index is 0. The van der Waals surface area contributed by atoms with Gasteiger partial charge in [-0.15, -0.1) is 11.3 Å². The van der Waals surface area contributed by atoms with Crippen molar-refractivity contribution in [1.29, 1.82) is 0 Å². The molecule has 0 aliphatic carbocycles. The molecular weight excluding hydrogens is 507 g/mol. The number of amides is 1. The van der Waals surface area contributed by atoms with E-state index in [1.807, 2.05) is 18.0 Å². The van der Waals surface area contributed by atoms with E-state index >= 15 is 0 Å². The molecule has 0 atom stereocenters. The molecule has 0 spiro atoms. The van der Waals surface area contributed by atoms with Gasteiger partial charge in [0.2, 0.25) is 11.8 Å². The van der Waals surface area contributed by atoms with Crippen LogP contribution in [0.2, 0.25) is 0 Å². The SMILES string of the molecule is COc1ccc(-c2nc(N3CCOCC3)c3sc(CN(C)c4ncc(C(=O)NO)cn4)cc3n2)cn1.[H-].[Na+]. The van der Waals surface area contributed by atoms with Crippen molar-refractivity contribution in [2.75, 3.05) is 50.3 Å². The molecule has 0 saturated carbocycles. The second-order valence-corrected chi connectivity index (χ2v) is 9.19. The van der Waals surface area contributed by atoms with E-state index < -0.39 is 5.91 Å². The first-order chi connectivity index (χ1) is 17.6. The maximum Gasteiger partial charge on any atom is 1.00 e. The first-order valence-electron chi connectivity index (χ1n) is 11.2. The maximum absolute atomic E-state index is 11.5. The number of carbonyl (C=O) groups is 1. The van der Waals surface area contributed by atoms with E-state index in [0.717, 1.165) is 39.6 Å². The van der Waals surface area contributed by atoms with E-state index in [9.17, 15) is 4.79 Å². The van der Waals surface area contributed by atoms with Crippen molar-refractivity contribution in [2.45, 2.75) is 6.54 Å². The van der Waals surface area contributed by atoms with E-state index in [2.05, 4.69) is 25.9 Å². The Kier molecular flexibility index (Phi) is 8.84. The topological polar surface area (TPSA) is 139 Å². The molecule has 4 aromatic rings. The minimum atomic E-state index is -0.661. The molecule has 1 amide bonds. The molecule has 1 aliphatic rings. The number of nitrogens with one attached hydrogen (secondary N) is 1. The van der Waals surface area contributed by atoms with Crippen LogP contribution in [0.15, 0.2) is 36.8 Å². The third-order valence-corrected chi connectivity index (χ3v) is 6.76. The number of anilines is 2. The van der Waals surface area contributed by atoms with Crippen LogP contribution in [0.5, 0.6) is 5.88 Å². The monoisotopic (exact) mass is 532 g/mol. The number of nitrogens with zero attached hydrogens (tertiary/aromatic N) is 7. The molecule has 0 bridgehead atoms. The Hall–Kier alpha value is -2.94. The standard InChI is InChI=1S/C23H24N8O4S.Na.H/c1-30(23-25-11-15(12-26-23)22(32)29-33)13-16-9-17-19(36-16)21(31-5-7-35-8-6-31)28-20(27-17)14-3-4-18(34-2)24-10-14;;/h3-4,9-12,33H,5-8,13H2,1-2H3,(H,29,32);;/q;+1;-1. The summed E-state index contributed by atoms with van der Waals surface area (Å²) in [6, 6.07) is 5.74. The van der Waals surface area contributed by atoms with Crippen molar-refractivity contribution >= 4 is 39.2 Å². The number of hydroxylamine groups is 1. The second-order valence-electron chi connectivity index (χ2n) is 8.06. The van der Waals surface area contributed by atoms with Gasteiger partial charge in [0, 0.05) is 55.2 Å². The number of carbonyl (C=O) groups excluding carboxylic acids is 1. The van der Waals surface area contributed by atoms with Gasteiger partial charge in [-0.05, 0) is 12.1 Å². The maximum atomic E-state index is 11.5. The average molecular weight is 533 g/mol. The number of pyridine rings is 1. The number of thiophene rings is 1. The third-order valence-electron chi connectivity index (χ3n) is 5.66. The number of aromatic nitrogens is 5. The molecule has 1 fully saturated rings. The number of hydrogen-bond acceptors (Lipinski definition) is 12. The van der Waals surface area contributed by atoms with Gasteiger partial charge in [0.25, 0.3) is 5.91 Å². The normalized spacial score (nSPS) is 13.2. The number of fused-ring (bicyclic) bond motifs is 1. The fourth-order valence-electron chi connectivity index (χ4n) is 3.80. The van der Waals surface area contributed by atoms with Gasteiger partial charge in [-0.3, -0.25) is 10.0 Å². The van der Waals surface area contributed by atoms with E-state index in [1.54, 1.807) is 36.2 Å². The smallest absolute Gasteiger partial charge is 1.00 e. The number of rotatable bonds is 7. The summed E-state index contributed by atoms with van der Waals surface area (Å²) in [6.07, 6.45) is 4.45. The van der Waals surface area contributed by atoms with Gasteiger partial charge in [0.15, 0.2) is 11.6 Å². The van der Waals surface area contributed by atoms with Crippen LogP contribution in [-0.2, 0) is 11.3 Å². The molecule has 1 aliphatic heterocycles. The molecule has 2 N–H and O–H groups in total. The largest absolute Gasteiger partial charge is 1.00 e. The zero-order chi connectivity index (χ0) is 25.1. The Labute approximate surface area is 240 Å². The Morgan fingerprint density at radius 1 is 1.22 bits per heavy atom. The van der Waals surface area contributed by atoms with Gasteiger partial charge in [0.05, 0.1) is 42.6 Å². The van der Waals surface area contributed by atoms with Crippen molar-refractivity contribution in [3.8, 4) is 17.3 Å². The van der Waals surface area contributed by atoms with Crippen molar-refractivity contribution in [2.24, 2.45) is 0 Å². The summed E-state index contributed by atoms with van der Waals surface area (Å²) >= 11 is 1.62. The predicted octanol–water partition coefficient (Wildman–Crippen LogP) is -0.740. The summed E-state index contributed by atoms with van der Waals surface area (Å²) in [7, 11) is 3.45. The fourth-order valence-corrected chi connectivity index (χ4v) is 4.96. The first kappa shape index (κ1) is 27.1. The summed E-state index contributed by atoms with van der Waals surface area (Å²) in [5, 5.41) is 8.77. The molecule has 1 saturated heterocycles. The van der Waals surface area contributed by atoms with E-state index in [4.69, 9.17) is 24.6 Å². The number of methoxy groups -OCH3 is 1. The van der Waals surface area contributed by atoms with Crippen molar-refractivity contribution in [3.63, 3.8) is 0 Å². The quantitative estimate of drug-likeness (QED) is 0.177. The molecule has 0 radical (unpaired) electrons. The molecular formula is C23H25N8NaO4S. The van der Waals surface area contributed by atoms with Crippen LogP contribution in [0.1, 0.15) is 16.7 Å². The van der Waals surface area contributed by atoms with Gasteiger partial charge in [-0.2, -0.15) is 0 Å². The molecule has 5 rings (SSSR count). The van der Waals surface area contributed by atoms with Crippen LogP contribution in [0.25, 0.3) is 21.6 Å². The van der Waals surface area contributed by atoms with Crippen LogP contribution >= 0.6 is 11.3 Å². The van der Waals surface area contributed by atoms with Crippen LogP contribution in [0.3, 0.4) is 0 Å². The van der Waals surface area contributed by atoms with Gasteiger partial charge in [-0.1, -0.05) is 0 Å². The number of morpholine rings is 1. The molecule has 0 unspecified atom stereocenters. The summed E-state index contributed by atoms with van der Waals surface area (Å²) in [5.74, 6) is 1.79. The first-order valence-corrected chi connectivity index (χ1v) is 12.0. The second kappa shape index (κ2) is 12.1. The summed E-state index contributed by atoms with van der Waals surface area (Å²) in [6.45, 7) is 3.33. The molecule has 37 heavy (non-hydrogen) atoms. The summed E-state index contributed by atoms with van der Waals surface area (Å²) < 4.78 is 11.7. The predicted molar refractivity (Wildman–Crippen MR) is 135 cm³/mol. The summed E-state index contributed by atoms with van der Waals surface area (Å²) in [4.78, 5) is 39.2. The third kappa shape index (κ3) is 5.98. The Balaban J connectivity index is 0.00000200. The van der Waals surface area contributed by atoms with Crippen LogP contribution in [0.4, 0.5) is 11.8 Å². The Morgan fingerprint density at radius 2 is 1.97 bits per heavy atom. The molecule has 12 nitrogen and oxygen atoms in total. The van der Waals surface area contributed by atoms with Gasteiger partial charge in [0.1, 0.15) is 0 Å². The van der Waals surface area contributed by atoms with Crippen molar-refractivity contribution in [1.82, 2.24) is 30.4 Å². The van der Waals surface area contributed by atoms with E-state index in [-0.39, 0.29) is 36.5 Å². The Morgan fingerprint density at radius 3 is 2.62 bits per heavy atom. The molecule has 14 heteroatoms. The molecule has 4 aromatic heterocycles. The van der Waals surface area contributed by atoms with Crippen LogP contribution in [0, 0.1) is 0 Å². The zero-order valence-electron chi connectivity index (χ0n) is 21.7. The van der Waals surface area contributed by atoms with Gasteiger partial charge in [-0.25, -0.2) is 30.4 Å². The summed E-state index contributed by atoms with van der Waals surface area (Å²) in [5.41, 5.74) is 3.39. The number of ether oxygens (including phenoxy) is 2. The molecule has 5 heterocycles. The Bertz CT molecular complexity index is 1370. The molecule has 0 aromatic carbocycles. The van der Waals surface area contributed by atoms with Crippen LogP contribution in [-0.4, -0.2) is 76.5 Å². The van der Waals surface area contributed by atoms with Gasteiger partial charge >= 0.3 is 29.6 Å². The van der Waals surface area contributed by atoms with E-state index in [0.29, 0.717) is 37.4 Å². The number of hydrogen-bond donors (Lipinski definition) is 2.